The fourth-order valence-corrected chi connectivity index (χ4v) is 2.60. The van der Waals surface area contributed by atoms with Crippen molar-refractivity contribution in [3.63, 3.8) is 0 Å². The van der Waals surface area contributed by atoms with Crippen LogP contribution in [0.25, 0.3) is 0 Å². The maximum absolute atomic E-state index is 12.0. The van der Waals surface area contributed by atoms with Crippen LogP contribution in [0.2, 0.25) is 0 Å². The average Bonchev–Trinajstić information content (AvgIpc) is 2.40. The van der Waals surface area contributed by atoms with Gasteiger partial charge in [-0.2, -0.15) is 0 Å². The first-order chi connectivity index (χ1) is 9.19. The van der Waals surface area contributed by atoms with E-state index in [2.05, 4.69) is 5.32 Å². The van der Waals surface area contributed by atoms with Crippen molar-refractivity contribution in [2.75, 3.05) is 7.11 Å². The number of carbonyl (C=O) groups excluding carboxylic acids is 1. The Bertz CT molecular complexity index is 439. The molecule has 1 aromatic rings. The van der Waals surface area contributed by atoms with Crippen molar-refractivity contribution in [1.29, 1.82) is 0 Å². The van der Waals surface area contributed by atoms with E-state index in [1.54, 1.807) is 25.3 Å². The van der Waals surface area contributed by atoms with Gasteiger partial charge in [0.15, 0.2) is 0 Å². The van der Waals surface area contributed by atoms with Crippen LogP contribution >= 0.6 is 0 Å². The molecule has 0 radical (unpaired) electrons. The number of benzene rings is 1. The monoisotopic (exact) mass is 263 g/mol. The molecule has 0 atom stereocenters. The number of rotatable bonds is 4. The summed E-state index contributed by atoms with van der Waals surface area (Å²) in [5.74, 6) is 0.786. The molecule has 4 heteroatoms. The molecule has 0 heterocycles. The number of nitrogens with one attached hydrogen (secondary N) is 1. The van der Waals surface area contributed by atoms with Crippen LogP contribution in [0.3, 0.4) is 0 Å². The largest absolute Gasteiger partial charge is 0.508 e. The summed E-state index contributed by atoms with van der Waals surface area (Å²) in [6.07, 6.45) is 6.05. The maximum Gasteiger partial charge on any atom is 0.224 e. The lowest BCUT2D eigenvalue weighted by atomic mass is 9.95. The average molecular weight is 263 g/mol. The topological polar surface area (TPSA) is 58.6 Å². The van der Waals surface area contributed by atoms with Crippen LogP contribution in [0.5, 0.6) is 11.5 Å². The fourth-order valence-electron chi connectivity index (χ4n) is 2.60. The number of aromatic hydroxyl groups is 1. The molecule has 0 aromatic heterocycles. The SMILES string of the molecule is COc1ccc(O)cc1CC(=O)NC1CCCCC1. The highest BCUT2D eigenvalue weighted by Gasteiger charge is 2.17. The smallest absolute Gasteiger partial charge is 0.224 e. The molecule has 1 aliphatic rings. The van der Waals surface area contributed by atoms with E-state index in [4.69, 9.17) is 4.74 Å². The van der Waals surface area contributed by atoms with Gasteiger partial charge in [0.1, 0.15) is 11.5 Å². The fraction of sp³-hybridized carbons (Fsp3) is 0.533. The third-order valence-electron chi connectivity index (χ3n) is 3.59. The minimum absolute atomic E-state index is 0.00389. The van der Waals surface area contributed by atoms with E-state index < -0.39 is 0 Å². The number of amides is 1. The zero-order chi connectivity index (χ0) is 13.7. The zero-order valence-electron chi connectivity index (χ0n) is 11.3. The highest BCUT2D eigenvalue weighted by Crippen LogP contribution is 2.24. The van der Waals surface area contributed by atoms with Crippen LogP contribution in [-0.4, -0.2) is 24.2 Å². The second kappa shape index (κ2) is 6.45. The standard InChI is InChI=1S/C15H21NO3/c1-19-14-8-7-13(17)9-11(14)10-15(18)16-12-5-3-2-4-6-12/h7-9,12,17H,2-6,10H2,1H3,(H,16,18). The van der Waals surface area contributed by atoms with E-state index in [0.29, 0.717) is 11.8 Å². The molecule has 19 heavy (non-hydrogen) atoms. The van der Waals surface area contributed by atoms with Crippen LogP contribution in [-0.2, 0) is 11.2 Å². The summed E-state index contributed by atoms with van der Waals surface area (Å²) in [6.45, 7) is 0. The molecule has 1 fully saturated rings. The van der Waals surface area contributed by atoms with Gasteiger partial charge in [0.25, 0.3) is 0 Å². The predicted octanol–water partition coefficient (Wildman–Crippen LogP) is 2.39. The Labute approximate surface area is 113 Å². The van der Waals surface area contributed by atoms with E-state index in [-0.39, 0.29) is 18.1 Å². The highest BCUT2D eigenvalue weighted by atomic mass is 16.5. The normalized spacial score (nSPS) is 16.1. The first kappa shape index (κ1) is 13.7. The Morgan fingerprint density at radius 1 is 1.37 bits per heavy atom. The van der Waals surface area contributed by atoms with Crippen LogP contribution in [0.1, 0.15) is 37.7 Å². The van der Waals surface area contributed by atoms with E-state index in [0.717, 1.165) is 18.4 Å². The minimum Gasteiger partial charge on any atom is -0.508 e. The molecule has 4 nitrogen and oxygen atoms in total. The van der Waals surface area contributed by atoms with Gasteiger partial charge in [0.05, 0.1) is 13.5 Å². The minimum atomic E-state index is -0.00389. The lowest BCUT2D eigenvalue weighted by molar-refractivity contribution is -0.121. The van der Waals surface area contributed by atoms with Crippen molar-refractivity contribution in [3.05, 3.63) is 23.8 Å². The first-order valence-corrected chi connectivity index (χ1v) is 6.84. The van der Waals surface area contributed by atoms with Crippen molar-refractivity contribution in [1.82, 2.24) is 5.32 Å². The number of hydrogen-bond donors (Lipinski definition) is 2. The quantitative estimate of drug-likeness (QED) is 0.877. The molecule has 0 aliphatic heterocycles. The van der Waals surface area contributed by atoms with Gasteiger partial charge >= 0.3 is 0 Å². The second-order valence-corrected chi connectivity index (χ2v) is 5.08. The molecular formula is C15H21NO3. The van der Waals surface area contributed by atoms with Crippen LogP contribution in [0.15, 0.2) is 18.2 Å². The van der Waals surface area contributed by atoms with Gasteiger partial charge in [-0.3, -0.25) is 4.79 Å². The molecule has 2 rings (SSSR count). The molecule has 0 saturated heterocycles. The Morgan fingerprint density at radius 3 is 2.79 bits per heavy atom. The lowest BCUT2D eigenvalue weighted by Crippen LogP contribution is -2.37. The molecule has 0 unspecified atom stereocenters. The molecule has 1 aliphatic carbocycles. The molecule has 1 saturated carbocycles. The molecular weight excluding hydrogens is 242 g/mol. The van der Waals surface area contributed by atoms with Crippen LogP contribution in [0.4, 0.5) is 0 Å². The number of phenols is 1. The molecule has 1 aromatic carbocycles. The van der Waals surface area contributed by atoms with E-state index in [9.17, 15) is 9.90 Å². The van der Waals surface area contributed by atoms with Gasteiger partial charge in [-0.1, -0.05) is 19.3 Å². The Balaban J connectivity index is 1.95. The van der Waals surface area contributed by atoms with Gasteiger partial charge in [0.2, 0.25) is 5.91 Å². The Morgan fingerprint density at radius 2 is 2.11 bits per heavy atom. The van der Waals surface area contributed by atoms with Crippen LogP contribution < -0.4 is 10.1 Å². The summed E-state index contributed by atoms with van der Waals surface area (Å²) < 4.78 is 5.20. The second-order valence-electron chi connectivity index (χ2n) is 5.08. The van der Waals surface area contributed by atoms with E-state index in [1.807, 2.05) is 0 Å². The van der Waals surface area contributed by atoms with E-state index in [1.165, 1.54) is 19.3 Å². The van der Waals surface area contributed by atoms with Crippen molar-refractivity contribution >= 4 is 5.91 Å². The van der Waals surface area contributed by atoms with Gasteiger partial charge in [-0.25, -0.2) is 0 Å². The van der Waals surface area contributed by atoms with Gasteiger partial charge in [-0.15, -0.1) is 0 Å². The number of ether oxygens (including phenoxy) is 1. The van der Waals surface area contributed by atoms with Crippen molar-refractivity contribution < 1.29 is 14.6 Å². The van der Waals surface area contributed by atoms with Crippen molar-refractivity contribution in [2.24, 2.45) is 0 Å². The predicted molar refractivity (Wildman–Crippen MR) is 73.4 cm³/mol. The first-order valence-electron chi connectivity index (χ1n) is 6.84. The zero-order valence-corrected chi connectivity index (χ0v) is 11.3. The Hall–Kier alpha value is -1.71. The third kappa shape index (κ3) is 3.88. The summed E-state index contributed by atoms with van der Waals surface area (Å²) in [6, 6.07) is 5.13. The van der Waals surface area contributed by atoms with E-state index >= 15 is 0 Å². The van der Waals surface area contributed by atoms with Gasteiger partial charge in [0, 0.05) is 11.6 Å². The molecule has 0 bridgehead atoms. The summed E-state index contributed by atoms with van der Waals surface area (Å²) in [5.41, 5.74) is 0.718. The molecule has 2 N–H and O–H groups in total. The molecule has 104 valence electrons. The lowest BCUT2D eigenvalue weighted by Gasteiger charge is -2.23. The van der Waals surface area contributed by atoms with Crippen molar-refractivity contribution in [2.45, 2.75) is 44.6 Å². The number of carbonyl (C=O) groups is 1. The number of phenolic OH excluding ortho intramolecular Hbond substituents is 1. The summed E-state index contributed by atoms with van der Waals surface area (Å²) in [5, 5.41) is 12.5. The summed E-state index contributed by atoms with van der Waals surface area (Å²) in [4.78, 5) is 12.0. The Kier molecular flexibility index (Phi) is 4.66. The van der Waals surface area contributed by atoms with Crippen molar-refractivity contribution in [3.8, 4) is 11.5 Å². The van der Waals surface area contributed by atoms with Crippen LogP contribution in [0, 0.1) is 0 Å². The summed E-state index contributed by atoms with van der Waals surface area (Å²) in [7, 11) is 1.56. The highest BCUT2D eigenvalue weighted by molar-refractivity contribution is 5.79. The summed E-state index contributed by atoms with van der Waals surface area (Å²) >= 11 is 0. The number of methoxy groups -OCH3 is 1. The maximum atomic E-state index is 12.0. The molecule has 0 spiro atoms. The van der Waals surface area contributed by atoms with Gasteiger partial charge in [-0.05, 0) is 31.0 Å². The number of hydrogen-bond acceptors (Lipinski definition) is 3. The third-order valence-corrected chi connectivity index (χ3v) is 3.59. The van der Waals surface area contributed by atoms with Gasteiger partial charge < -0.3 is 15.2 Å². The molecule has 1 amide bonds.